The van der Waals surface area contributed by atoms with E-state index < -0.39 is 17.7 Å². The summed E-state index contributed by atoms with van der Waals surface area (Å²) in [4.78, 5) is 23.1. The van der Waals surface area contributed by atoms with E-state index in [1.54, 1.807) is 13.0 Å². The SMILES string of the molecule is Cc1ccc(C(=O)O)cc1NC(=O)c1ccc(F)cc1N. The topological polar surface area (TPSA) is 92.4 Å². The van der Waals surface area contributed by atoms with Crippen LogP contribution >= 0.6 is 0 Å². The van der Waals surface area contributed by atoms with Gasteiger partial charge in [-0.2, -0.15) is 0 Å². The van der Waals surface area contributed by atoms with Crippen molar-refractivity contribution in [3.8, 4) is 0 Å². The van der Waals surface area contributed by atoms with Crippen LogP contribution < -0.4 is 11.1 Å². The van der Waals surface area contributed by atoms with Gasteiger partial charge in [-0.25, -0.2) is 9.18 Å². The number of rotatable bonds is 3. The first kappa shape index (κ1) is 14.5. The molecular formula is C15H13FN2O3. The van der Waals surface area contributed by atoms with Gasteiger partial charge in [0.05, 0.1) is 11.1 Å². The number of nitrogen functional groups attached to an aromatic ring is 1. The number of benzene rings is 2. The Kier molecular flexibility index (Phi) is 3.89. The number of carboxylic acid groups (broad SMARTS) is 1. The van der Waals surface area contributed by atoms with Gasteiger partial charge in [-0.15, -0.1) is 0 Å². The highest BCUT2D eigenvalue weighted by Gasteiger charge is 2.13. The summed E-state index contributed by atoms with van der Waals surface area (Å²) in [5.41, 5.74) is 6.86. The molecule has 0 unspecified atom stereocenters. The molecule has 0 aliphatic carbocycles. The second kappa shape index (κ2) is 5.62. The van der Waals surface area contributed by atoms with Gasteiger partial charge in [0, 0.05) is 11.4 Å². The number of aromatic carboxylic acids is 1. The Bertz CT molecular complexity index is 729. The highest BCUT2D eigenvalue weighted by molar-refractivity contribution is 6.08. The van der Waals surface area contributed by atoms with Gasteiger partial charge in [0.2, 0.25) is 0 Å². The van der Waals surface area contributed by atoms with Crippen LogP contribution in [0.15, 0.2) is 36.4 Å². The van der Waals surface area contributed by atoms with Crippen LogP contribution in [0.2, 0.25) is 0 Å². The largest absolute Gasteiger partial charge is 0.478 e. The number of nitrogens with one attached hydrogen (secondary N) is 1. The minimum atomic E-state index is -1.09. The van der Waals surface area contributed by atoms with Crippen LogP contribution in [0.3, 0.4) is 0 Å². The fraction of sp³-hybridized carbons (Fsp3) is 0.0667. The molecule has 0 aromatic heterocycles. The van der Waals surface area contributed by atoms with E-state index in [0.29, 0.717) is 11.3 Å². The molecule has 0 saturated heterocycles. The fourth-order valence-corrected chi connectivity index (χ4v) is 1.82. The summed E-state index contributed by atoms with van der Waals surface area (Å²) in [5, 5.41) is 11.5. The molecule has 0 fully saturated rings. The third kappa shape index (κ3) is 3.17. The number of aryl methyl sites for hydroxylation is 1. The molecule has 0 atom stereocenters. The van der Waals surface area contributed by atoms with Crippen molar-refractivity contribution in [3.63, 3.8) is 0 Å². The average Bonchev–Trinajstić information content (AvgIpc) is 2.40. The molecule has 108 valence electrons. The number of carbonyl (C=O) groups is 2. The highest BCUT2D eigenvalue weighted by Crippen LogP contribution is 2.20. The molecule has 2 aromatic carbocycles. The van der Waals surface area contributed by atoms with Crippen LogP contribution in [0.5, 0.6) is 0 Å². The molecule has 0 spiro atoms. The van der Waals surface area contributed by atoms with Crippen LogP contribution in [0.4, 0.5) is 15.8 Å². The molecule has 4 N–H and O–H groups in total. The normalized spacial score (nSPS) is 10.2. The molecule has 5 nitrogen and oxygen atoms in total. The van der Waals surface area contributed by atoms with Crippen molar-refractivity contribution in [2.24, 2.45) is 0 Å². The van der Waals surface area contributed by atoms with Crippen molar-refractivity contribution in [3.05, 3.63) is 58.9 Å². The van der Waals surface area contributed by atoms with E-state index in [4.69, 9.17) is 10.8 Å². The average molecular weight is 288 g/mol. The van der Waals surface area contributed by atoms with Crippen LogP contribution in [-0.4, -0.2) is 17.0 Å². The Balaban J connectivity index is 2.31. The van der Waals surface area contributed by atoms with Crippen molar-refractivity contribution in [1.82, 2.24) is 0 Å². The molecule has 21 heavy (non-hydrogen) atoms. The van der Waals surface area contributed by atoms with Crippen molar-refractivity contribution < 1.29 is 19.1 Å². The second-order valence-electron chi connectivity index (χ2n) is 4.52. The lowest BCUT2D eigenvalue weighted by Gasteiger charge is -2.10. The first-order valence-electron chi connectivity index (χ1n) is 6.09. The molecule has 0 heterocycles. The van der Waals surface area contributed by atoms with Gasteiger partial charge >= 0.3 is 5.97 Å². The van der Waals surface area contributed by atoms with Gasteiger partial charge in [0.25, 0.3) is 5.91 Å². The zero-order valence-electron chi connectivity index (χ0n) is 11.2. The third-order valence-corrected chi connectivity index (χ3v) is 2.99. The Morgan fingerprint density at radius 3 is 2.52 bits per heavy atom. The lowest BCUT2D eigenvalue weighted by molar-refractivity contribution is 0.0696. The zero-order chi connectivity index (χ0) is 15.6. The molecule has 2 rings (SSSR count). The molecule has 0 saturated carbocycles. The van der Waals surface area contributed by atoms with Gasteiger partial charge in [-0.1, -0.05) is 6.07 Å². The number of amides is 1. The zero-order valence-corrected chi connectivity index (χ0v) is 11.2. The van der Waals surface area contributed by atoms with Gasteiger partial charge < -0.3 is 16.2 Å². The standard InChI is InChI=1S/C15H13FN2O3/c1-8-2-3-9(15(20)21)6-13(8)18-14(19)11-5-4-10(16)7-12(11)17/h2-7H,17H2,1H3,(H,18,19)(H,20,21). The van der Waals surface area contributed by atoms with Gasteiger partial charge in [0.15, 0.2) is 0 Å². The summed E-state index contributed by atoms with van der Waals surface area (Å²) >= 11 is 0. The quantitative estimate of drug-likeness (QED) is 0.757. The number of nitrogens with two attached hydrogens (primary N) is 1. The van der Waals surface area contributed by atoms with Gasteiger partial charge in [-0.05, 0) is 42.8 Å². The van der Waals surface area contributed by atoms with Gasteiger partial charge in [0.1, 0.15) is 5.82 Å². The molecule has 2 aromatic rings. The van der Waals surface area contributed by atoms with E-state index in [1.165, 1.54) is 18.2 Å². The van der Waals surface area contributed by atoms with E-state index >= 15 is 0 Å². The van der Waals surface area contributed by atoms with E-state index in [2.05, 4.69) is 5.32 Å². The van der Waals surface area contributed by atoms with E-state index in [-0.39, 0.29) is 16.8 Å². The van der Waals surface area contributed by atoms with Crippen LogP contribution in [0.1, 0.15) is 26.3 Å². The molecule has 6 heteroatoms. The molecule has 0 bridgehead atoms. The molecule has 1 amide bonds. The number of carbonyl (C=O) groups excluding carboxylic acids is 1. The number of hydrogen-bond acceptors (Lipinski definition) is 3. The smallest absolute Gasteiger partial charge is 0.335 e. The minimum Gasteiger partial charge on any atom is -0.478 e. The lowest BCUT2D eigenvalue weighted by Crippen LogP contribution is -2.15. The van der Waals surface area contributed by atoms with Crippen molar-refractivity contribution in [2.75, 3.05) is 11.1 Å². The monoisotopic (exact) mass is 288 g/mol. The first-order valence-corrected chi connectivity index (χ1v) is 6.09. The van der Waals surface area contributed by atoms with Crippen molar-refractivity contribution in [1.29, 1.82) is 0 Å². The molecule has 0 radical (unpaired) electrons. The third-order valence-electron chi connectivity index (χ3n) is 2.99. The molecular weight excluding hydrogens is 275 g/mol. The Hall–Kier alpha value is -2.89. The predicted molar refractivity (Wildman–Crippen MR) is 76.9 cm³/mol. The maximum absolute atomic E-state index is 13.0. The summed E-state index contributed by atoms with van der Waals surface area (Å²) in [7, 11) is 0. The summed E-state index contributed by atoms with van der Waals surface area (Å²) in [6.45, 7) is 1.73. The fourth-order valence-electron chi connectivity index (χ4n) is 1.82. The van der Waals surface area contributed by atoms with Crippen LogP contribution in [-0.2, 0) is 0 Å². The highest BCUT2D eigenvalue weighted by atomic mass is 19.1. The van der Waals surface area contributed by atoms with Crippen LogP contribution in [0.25, 0.3) is 0 Å². The summed E-state index contributed by atoms with van der Waals surface area (Å²) in [6.07, 6.45) is 0. The molecule has 0 aliphatic heterocycles. The van der Waals surface area contributed by atoms with E-state index in [1.807, 2.05) is 0 Å². The maximum atomic E-state index is 13.0. The Labute approximate surface area is 120 Å². The maximum Gasteiger partial charge on any atom is 0.335 e. The number of anilines is 2. The summed E-state index contributed by atoms with van der Waals surface area (Å²) < 4.78 is 13.0. The Morgan fingerprint density at radius 1 is 1.19 bits per heavy atom. The van der Waals surface area contributed by atoms with Crippen LogP contribution in [0, 0.1) is 12.7 Å². The minimum absolute atomic E-state index is 0.0135. The van der Waals surface area contributed by atoms with Crippen molar-refractivity contribution >= 4 is 23.3 Å². The first-order chi connectivity index (χ1) is 9.88. The summed E-state index contributed by atoms with van der Waals surface area (Å²) in [5.74, 6) is -2.15. The van der Waals surface area contributed by atoms with Gasteiger partial charge in [-0.3, -0.25) is 4.79 Å². The number of hydrogen-bond donors (Lipinski definition) is 3. The van der Waals surface area contributed by atoms with E-state index in [9.17, 15) is 14.0 Å². The Morgan fingerprint density at radius 2 is 1.90 bits per heavy atom. The molecule has 0 aliphatic rings. The lowest BCUT2D eigenvalue weighted by atomic mass is 10.1. The number of carboxylic acids is 1. The predicted octanol–water partition coefficient (Wildman–Crippen LogP) is 2.67. The number of halogens is 1. The summed E-state index contributed by atoms with van der Waals surface area (Å²) in [6, 6.07) is 7.85. The second-order valence-corrected chi connectivity index (χ2v) is 4.52. The van der Waals surface area contributed by atoms with E-state index in [0.717, 1.165) is 12.1 Å². The van der Waals surface area contributed by atoms with Crippen molar-refractivity contribution in [2.45, 2.75) is 6.92 Å².